The third kappa shape index (κ3) is 5.58. The van der Waals surface area contributed by atoms with E-state index in [0.717, 1.165) is 16.9 Å². The molecule has 148 valence electrons. The Kier molecular flexibility index (Phi) is 7.51. The number of ether oxygens (including phenoxy) is 2. The smallest absolute Gasteiger partial charge is 0.163 e. The van der Waals surface area contributed by atoms with Gasteiger partial charge in [0.25, 0.3) is 0 Å². The number of halogens is 3. The van der Waals surface area contributed by atoms with Gasteiger partial charge >= 0.3 is 0 Å². The van der Waals surface area contributed by atoms with Crippen molar-refractivity contribution < 1.29 is 13.9 Å². The van der Waals surface area contributed by atoms with Crippen molar-refractivity contribution in [3.8, 4) is 11.5 Å². The molecule has 0 saturated heterocycles. The molecule has 0 radical (unpaired) electrons. The highest BCUT2D eigenvalue weighted by Gasteiger charge is 2.12. The Balaban J connectivity index is 1.70. The van der Waals surface area contributed by atoms with Gasteiger partial charge < -0.3 is 19.2 Å². The molecule has 0 unspecified atom stereocenters. The van der Waals surface area contributed by atoms with Crippen molar-refractivity contribution in [1.82, 2.24) is 5.32 Å². The number of nitrogens with one attached hydrogen (secondary N) is 1. The largest absolute Gasteiger partial charge is 0.490 e. The average molecular weight is 441 g/mol. The number of benzene rings is 2. The van der Waals surface area contributed by atoms with E-state index in [1.807, 2.05) is 31.2 Å². The number of hydrogen-bond acceptors (Lipinski definition) is 4. The molecular weight excluding hydrogens is 421 g/mol. The Hall–Kier alpha value is -1.85. The lowest BCUT2D eigenvalue weighted by molar-refractivity contribution is 0.269. The van der Waals surface area contributed by atoms with Crippen LogP contribution in [0.15, 0.2) is 53.1 Å². The van der Waals surface area contributed by atoms with Gasteiger partial charge in [0.15, 0.2) is 11.5 Å². The molecule has 1 heterocycles. The quantitative estimate of drug-likeness (QED) is 0.412. The van der Waals surface area contributed by atoms with Crippen molar-refractivity contribution in [3.05, 3.63) is 80.7 Å². The second-order valence-electron chi connectivity index (χ2n) is 6.03. The van der Waals surface area contributed by atoms with Crippen LogP contribution in [0, 0.1) is 0 Å². The molecule has 2 aromatic carbocycles. The molecule has 0 spiro atoms. The fourth-order valence-corrected chi connectivity index (χ4v) is 3.31. The van der Waals surface area contributed by atoms with Crippen molar-refractivity contribution in [2.75, 3.05) is 6.61 Å². The summed E-state index contributed by atoms with van der Waals surface area (Å²) < 4.78 is 17.0. The molecular formula is C21H20Cl3NO3. The van der Waals surface area contributed by atoms with Crippen molar-refractivity contribution in [2.24, 2.45) is 0 Å². The van der Waals surface area contributed by atoms with E-state index in [4.69, 9.17) is 48.7 Å². The molecule has 0 fully saturated rings. The molecule has 0 aliphatic carbocycles. The molecule has 3 aromatic rings. The van der Waals surface area contributed by atoms with Crippen LogP contribution in [0.3, 0.4) is 0 Å². The molecule has 1 aromatic heterocycles. The van der Waals surface area contributed by atoms with Gasteiger partial charge in [0.05, 0.1) is 19.4 Å². The predicted molar refractivity (Wildman–Crippen MR) is 113 cm³/mol. The summed E-state index contributed by atoms with van der Waals surface area (Å²) in [6.07, 6.45) is 1.65. The summed E-state index contributed by atoms with van der Waals surface area (Å²) in [5.41, 5.74) is 1.74. The SMILES string of the molecule is CCOc1cc(CNCc2ccco2)c(Cl)cc1OCc1ccc(Cl)cc1Cl. The molecule has 0 saturated carbocycles. The van der Waals surface area contributed by atoms with Gasteiger partial charge in [-0.05, 0) is 42.8 Å². The molecule has 1 N–H and O–H groups in total. The fraction of sp³-hybridized carbons (Fsp3) is 0.238. The lowest BCUT2D eigenvalue weighted by Gasteiger charge is -2.16. The first-order chi connectivity index (χ1) is 13.6. The summed E-state index contributed by atoms with van der Waals surface area (Å²) in [7, 11) is 0. The first-order valence-corrected chi connectivity index (χ1v) is 9.95. The number of hydrogen-bond donors (Lipinski definition) is 1. The van der Waals surface area contributed by atoms with Gasteiger partial charge in [0.2, 0.25) is 0 Å². The van der Waals surface area contributed by atoms with Crippen LogP contribution in [0.5, 0.6) is 11.5 Å². The summed E-state index contributed by atoms with van der Waals surface area (Å²) in [5.74, 6) is 2.06. The summed E-state index contributed by atoms with van der Waals surface area (Å²) >= 11 is 18.6. The second kappa shape index (κ2) is 10.1. The van der Waals surface area contributed by atoms with Crippen LogP contribution >= 0.6 is 34.8 Å². The molecule has 0 amide bonds. The Labute approximate surface area is 179 Å². The normalized spacial score (nSPS) is 10.9. The van der Waals surface area contributed by atoms with E-state index in [-0.39, 0.29) is 6.61 Å². The van der Waals surface area contributed by atoms with Crippen LogP contribution < -0.4 is 14.8 Å². The van der Waals surface area contributed by atoms with Crippen LogP contribution in [0.2, 0.25) is 15.1 Å². The number of furan rings is 1. The molecule has 4 nitrogen and oxygen atoms in total. The minimum absolute atomic E-state index is 0.280. The molecule has 0 aliphatic rings. The Morgan fingerprint density at radius 1 is 0.893 bits per heavy atom. The summed E-state index contributed by atoms with van der Waals surface area (Å²) in [4.78, 5) is 0. The Bertz CT molecular complexity index is 914. The van der Waals surface area contributed by atoms with Gasteiger partial charge in [-0.25, -0.2) is 0 Å². The van der Waals surface area contributed by atoms with E-state index in [0.29, 0.717) is 46.3 Å². The van der Waals surface area contributed by atoms with E-state index in [1.165, 1.54) is 0 Å². The maximum Gasteiger partial charge on any atom is 0.163 e. The summed E-state index contributed by atoms with van der Waals surface area (Å²) in [6, 6.07) is 12.7. The van der Waals surface area contributed by atoms with Gasteiger partial charge in [0.1, 0.15) is 12.4 Å². The lowest BCUT2D eigenvalue weighted by atomic mass is 10.2. The van der Waals surface area contributed by atoms with Gasteiger partial charge in [-0.2, -0.15) is 0 Å². The minimum atomic E-state index is 0.280. The van der Waals surface area contributed by atoms with Crippen LogP contribution in [0.1, 0.15) is 23.8 Å². The number of rotatable bonds is 9. The maximum absolute atomic E-state index is 6.45. The average Bonchev–Trinajstić information content (AvgIpc) is 3.17. The molecule has 28 heavy (non-hydrogen) atoms. The second-order valence-corrected chi connectivity index (χ2v) is 7.28. The summed E-state index contributed by atoms with van der Waals surface area (Å²) in [6.45, 7) is 3.90. The van der Waals surface area contributed by atoms with E-state index < -0.39 is 0 Å². The molecule has 3 rings (SSSR count). The lowest BCUT2D eigenvalue weighted by Crippen LogP contribution is -2.13. The van der Waals surface area contributed by atoms with Crippen molar-refractivity contribution >= 4 is 34.8 Å². The first-order valence-electron chi connectivity index (χ1n) is 8.82. The van der Waals surface area contributed by atoms with E-state index in [1.54, 1.807) is 24.5 Å². The highest BCUT2D eigenvalue weighted by atomic mass is 35.5. The van der Waals surface area contributed by atoms with Gasteiger partial charge in [-0.3, -0.25) is 0 Å². The van der Waals surface area contributed by atoms with E-state index >= 15 is 0 Å². The Morgan fingerprint density at radius 2 is 1.68 bits per heavy atom. The van der Waals surface area contributed by atoms with Crippen molar-refractivity contribution in [3.63, 3.8) is 0 Å². The third-order valence-corrected chi connectivity index (χ3v) is 4.94. The zero-order chi connectivity index (χ0) is 19.9. The topological polar surface area (TPSA) is 43.6 Å². The van der Waals surface area contributed by atoms with E-state index in [2.05, 4.69) is 5.32 Å². The zero-order valence-corrected chi connectivity index (χ0v) is 17.6. The molecule has 0 aliphatic heterocycles. The minimum Gasteiger partial charge on any atom is -0.490 e. The van der Waals surface area contributed by atoms with Crippen LogP contribution in [0.25, 0.3) is 0 Å². The van der Waals surface area contributed by atoms with Crippen molar-refractivity contribution in [2.45, 2.75) is 26.6 Å². The molecule has 0 atom stereocenters. The Morgan fingerprint density at radius 3 is 2.39 bits per heavy atom. The highest BCUT2D eigenvalue weighted by molar-refractivity contribution is 6.35. The molecule has 7 heteroatoms. The van der Waals surface area contributed by atoms with Gasteiger partial charge in [-0.15, -0.1) is 0 Å². The first kappa shape index (κ1) is 20.9. The zero-order valence-electron chi connectivity index (χ0n) is 15.3. The fourth-order valence-electron chi connectivity index (χ4n) is 2.62. The van der Waals surface area contributed by atoms with Gasteiger partial charge in [-0.1, -0.05) is 40.9 Å². The monoisotopic (exact) mass is 439 g/mol. The predicted octanol–water partition coefficient (Wildman–Crippen LogP) is 6.51. The van der Waals surface area contributed by atoms with Crippen LogP contribution in [0.4, 0.5) is 0 Å². The summed E-state index contributed by atoms with van der Waals surface area (Å²) in [5, 5.41) is 5.02. The van der Waals surface area contributed by atoms with Crippen molar-refractivity contribution in [1.29, 1.82) is 0 Å². The maximum atomic E-state index is 6.45. The third-order valence-electron chi connectivity index (χ3n) is 4.01. The van der Waals surface area contributed by atoms with Crippen LogP contribution in [-0.4, -0.2) is 6.61 Å². The highest BCUT2D eigenvalue weighted by Crippen LogP contribution is 2.35. The van der Waals surface area contributed by atoms with E-state index in [9.17, 15) is 0 Å². The van der Waals surface area contributed by atoms with Gasteiger partial charge in [0, 0.05) is 33.2 Å². The molecule has 0 bridgehead atoms. The standard InChI is InChI=1S/C21H20Cl3NO3/c1-2-26-20-8-15(11-25-12-17-4-3-7-27-17)19(24)10-21(20)28-13-14-5-6-16(22)9-18(14)23/h3-10,25H,2,11-13H2,1H3. The van der Waals surface area contributed by atoms with Crippen LogP contribution in [-0.2, 0) is 19.7 Å².